The highest BCUT2D eigenvalue weighted by Crippen LogP contribution is 2.47. The van der Waals surface area contributed by atoms with Gasteiger partial charge in [0.05, 0.1) is 7.11 Å². The van der Waals surface area contributed by atoms with Crippen LogP contribution in [0.2, 0.25) is 0 Å². The average Bonchev–Trinajstić information content (AvgIpc) is 2.95. The Balaban J connectivity index is 1.65. The van der Waals surface area contributed by atoms with Gasteiger partial charge in [0.1, 0.15) is 0 Å². The first-order chi connectivity index (χ1) is 8.20. The second-order valence-corrected chi connectivity index (χ2v) is 5.47. The van der Waals surface area contributed by atoms with Gasteiger partial charge in [-0.3, -0.25) is 0 Å². The molecule has 2 aliphatic carbocycles. The zero-order valence-corrected chi connectivity index (χ0v) is 10.9. The van der Waals surface area contributed by atoms with Gasteiger partial charge in [0.25, 0.3) is 0 Å². The van der Waals surface area contributed by atoms with E-state index >= 15 is 0 Å². The van der Waals surface area contributed by atoms with Crippen LogP contribution in [0.5, 0.6) is 0 Å². The summed E-state index contributed by atoms with van der Waals surface area (Å²) in [6.45, 7) is 3.67. The Hall–Kier alpha value is -0.830. The van der Waals surface area contributed by atoms with E-state index in [2.05, 4.69) is 10.1 Å². The number of carbonyl (C=O) groups excluding carboxylic acids is 1. The molecule has 2 bridgehead atoms. The maximum atomic E-state index is 11.1. The first-order valence-electron chi connectivity index (χ1n) is 6.66. The smallest absolute Gasteiger partial charge is 0.333 e. The maximum Gasteiger partial charge on any atom is 0.333 e. The molecule has 0 aromatic rings. The standard InChI is InChI=1S/C14H23NO2/c1-10(14(16)17-2)5-6-15-9-13-8-11-3-4-12(13)7-11/h5,11-13,15H,3-4,6-9H2,1-2H3. The molecule has 17 heavy (non-hydrogen) atoms. The Morgan fingerprint density at radius 1 is 1.41 bits per heavy atom. The summed E-state index contributed by atoms with van der Waals surface area (Å²) in [5.41, 5.74) is 0.688. The number of nitrogens with one attached hydrogen (secondary N) is 1. The predicted molar refractivity (Wildman–Crippen MR) is 67.6 cm³/mol. The van der Waals surface area contributed by atoms with Gasteiger partial charge >= 0.3 is 5.97 Å². The summed E-state index contributed by atoms with van der Waals surface area (Å²) in [6, 6.07) is 0. The van der Waals surface area contributed by atoms with E-state index in [1.54, 1.807) is 6.92 Å². The lowest BCUT2D eigenvalue weighted by atomic mass is 9.89. The molecule has 1 N–H and O–H groups in total. The van der Waals surface area contributed by atoms with Gasteiger partial charge in [0, 0.05) is 12.1 Å². The summed E-state index contributed by atoms with van der Waals surface area (Å²) in [6.07, 6.45) is 7.69. The lowest BCUT2D eigenvalue weighted by Gasteiger charge is -2.21. The molecule has 0 aromatic carbocycles. The van der Waals surface area contributed by atoms with E-state index in [1.165, 1.54) is 32.8 Å². The van der Waals surface area contributed by atoms with Crippen LogP contribution in [-0.4, -0.2) is 26.2 Å². The maximum absolute atomic E-state index is 11.1. The predicted octanol–water partition coefficient (Wildman–Crippen LogP) is 2.13. The van der Waals surface area contributed by atoms with Crippen molar-refractivity contribution >= 4 is 5.97 Å². The van der Waals surface area contributed by atoms with E-state index in [0.717, 1.165) is 30.8 Å². The number of ether oxygens (including phenoxy) is 1. The Kier molecular flexibility index (Phi) is 4.21. The van der Waals surface area contributed by atoms with E-state index in [9.17, 15) is 4.79 Å². The Morgan fingerprint density at radius 3 is 2.82 bits per heavy atom. The molecular formula is C14H23NO2. The quantitative estimate of drug-likeness (QED) is 0.452. The highest BCUT2D eigenvalue weighted by molar-refractivity contribution is 5.87. The zero-order chi connectivity index (χ0) is 12.3. The topological polar surface area (TPSA) is 38.3 Å². The minimum atomic E-state index is -0.230. The number of methoxy groups -OCH3 is 1. The molecule has 0 spiro atoms. The summed E-state index contributed by atoms with van der Waals surface area (Å²) < 4.78 is 4.65. The lowest BCUT2D eigenvalue weighted by molar-refractivity contribution is -0.136. The largest absolute Gasteiger partial charge is 0.466 e. The minimum Gasteiger partial charge on any atom is -0.466 e. The second-order valence-electron chi connectivity index (χ2n) is 5.47. The normalized spacial score (nSPS) is 31.9. The van der Waals surface area contributed by atoms with Crippen molar-refractivity contribution in [2.24, 2.45) is 17.8 Å². The van der Waals surface area contributed by atoms with Crippen LogP contribution in [0.15, 0.2) is 11.6 Å². The number of hydrogen-bond donors (Lipinski definition) is 1. The number of fused-ring (bicyclic) bond motifs is 2. The van der Waals surface area contributed by atoms with E-state index in [4.69, 9.17) is 0 Å². The van der Waals surface area contributed by atoms with Gasteiger partial charge in [-0.2, -0.15) is 0 Å². The van der Waals surface area contributed by atoms with Crippen molar-refractivity contribution in [2.75, 3.05) is 20.2 Å². The van der Waals surface area contributed by atoms with Crippen molar-refractivity contribution in [2.45, 2.75) is 32.6 Å². The molecule has 0 amide bonds. The van der Waals surface area contributed by atoms with Crippen molar-refractivity contribution in [1.82, 2.24) is 5.32 Å². The molecule has 0 radical (unpaired) electrons. The van der Waals surface area contributed by atoms with Crippen LogP contribution in [-0.2, 0) is 9.53 Å². The fourth-order valence-electron chi connectivity index (χ4n) is 3.36. The number of rotatable bonds is 5. The highest BCUT2D eigenvalue weighted by Gasteiger charge is 2.38. The highest BCUT2D eigenvalue weighted by atomic mass is 16.5. The third-order valence-electron chi connectivity index (χ3n) is 4.35. The molecule has 2 rings (SSSR count). The van der Waals surface area contributed by atoms with E-state index < -0.39 is 0 Å². The van der Waals surface area contributed by atoms with Crippen LogP contribution in [0.4, 0.5) is 0 Å². The monoisotopic (exact) mass is 237 g/mol. The van der Waals surface area contributed by atoms with Gasteiger partial charge in [-0.15, -0.1) is 0 Å². The average molecular weight is 237 g/mol. The molecule has 0 heterocycles. The van der Waals surface area contributed by atoms with Crippen molar-refractivity contribution in [3.63, 3.8) is 0 Å². The molecular weight excluding hydrogens is 214 g/mol. The first kappa shape index (κ1) is 12.6. The molecule has 0 aliphatic heterocycles. The van der Waals surface area contributed by atoms with Gasteiger partial charge in [-0.25, -0.2) is 4.79 Å². The van der Waals surface area contributed by atoms with Crippen molar-refractivity contribution in [3.05, 3.63) is 11.6 Å². The Bertz CT molecular complexity index is 311. The van der Waals surface area contributed by atoms with Gasteiger partial charge < -0.3 is 10.1 Å². The van der Waals surface area contributed by atoms with Crippen LogP contribution in [0, 0.1) is 17.8 Å². The lowest BCUT2D eigenvalue weighted by Crippen LogP contribution is -2.26. The molecule has 2 saturated carbocycles. The second kappa shape index (κ2) is 5.67. The Morgan fingerprint density at radius 2 is 2.24 bits per heavy atom. The zero-order valence-electron chi connectivity index (χ0n) is 10.9. The summed E-state index contributed by atoms with van der Waals surface area (Å²) in [7, 11) is 1.42. The van der Waals surface area contributed by atoms with Crippen LogP contribution in [0.1, 0.15) is 32.6 Å². The molecule has 3 heteroatoms. The molecule has 2 aliphatic rings. The summed E-state index contributed by atoms with van der Waals surface area (Å²) >= 11 is 0. The minimum absolute atomic E-state index is 0.230. The van der Waals surface area contributed by atoms with Crippen molar-refractivity contribution in [3.8, 4) is 0 Å². The molecule has 96 valence electrons. The number of carbonyl (C=O) groups is 1. The van der Waals surface area contributed by atoms with Crippen LogP contribution < -0.4 is 5.32 Å². The fraction of sp³-hybridized carbons (Fsp3) is 0.786. The van der Waals surface area contributed by atoms with Crippen molar-refractivity contribution < 1.29 is 9.53 Å². The molecule has 3 atom stereocenters. The summed E-state index contributed by atoms with van der Waals surface area (Å²) in [4.78, 5) is 11.1. The summed E-state index contributed by atoms with van der Waals surface area (Å²) in [5, 5.41) is 3.44. The van der Waals surface area contributed by atoms with Crippen molar-refractivity contribution in [1.29, 1.82) is 0 Å². The Labute approximate surface area is 104 Å². The molecule has 0 aromatic heterocycles. The van der Waals surface area contributed by atoms with Gasteiger partial charge in [-0.05, 0) is 50.5 Å². The van der Waals surface area contributed by atoms with Crippen LogP contribution in [0.25, 0.3) is 0 Å². The fourth-order valence-corrected chi connectivity index (χ4v) is 3.36. The SMILES string of the molecule is COC(=O)C(C)=CCNCC1CC2CCC1C2. The van der Waals surface area contributed by atoms with Gasteiger partial charge in [0.2, 0.25) is 0 Å². The third-order valence-corrected chi connectivity index (χ3v) is 4.35. The van der Waals surface area contributed by atoms with Gasteiger partial charge in [-0.1, -0.05) is 12.5 Å². The number of esters is 1. The molecule has 3 nitrogen and oxygen atoms in total. The first-order valence-corrected chi connectivity index (χ1v) is 6.66. The van der Waals surface area contributed by atoms with Crippen LogP contribution >= 0.6 is 0 Å². The molecule has 0 saturated heterocycles. The van der Waals surface area contributed by atoms with Crippen LogP contribution in [0.3, 0.4) is 0 Å². The van der Waals surface area contributed by atoms with E-state index in [-0.39, 0.29) is 5.97 Å². The molecule has 3 unspecified atom stereocenters. The van der Waals surface area contributed by atoms with E-state index in [1.807, 2.05) is 6.08 Å². The van der Waals surface area contributed by atoms with E-state index in [0.29, 0.717) is 5.57 Å². The van der Waals surface area contributed by atoms with Gasteiger partial charge in [0.15, 0.2) is 0 Å². The number of hydrogen-bond acceptors (Lipinski definition) is 3. The molecule has 2 fully saturated rings. The third kappa shape index (κ3) is 3.09. The summed E-state index contributed by atoms with van der Waals surface area (Å²) in [5.74, 6) is 2.63.